The van der Waals surface area contributed by atoms with Crippen LogP contribution in [0.5, 0.6) is 0 Å². The lowest BCUT2D eigenvalue weighted by Gasteiger charge is -2.11. The summed E-state index contributed by atoms with van der Waals surface area (Å²) < 4.78 is 33.4. The molecule has 0 aliphatic heterocycles. The van der Waals surface area contributed by atoms with Gasteiger partial charge in [0, 0.05) is 0 Å². The second-order valence-corrected chi connectivity index (χ2v) is 7.89. The van der Waals surface area contributed by atoms with Crippen LogP contribution in [0.25, 0.3) is 10.2 Å². The van der Waals surface area contributed by atoms with Gasteiger partial charge in [-0.2, -0.15) is 0 Å². The van der Waals surface area contributed by atoms with Gasteiger partial charge in [0.25, 0.3) is 10.0 Å². The molecule has 2 aromatic carbocycles. The van der Waals surface area contributed by atoms with E-state index in [1.165, 1.54) is 30.6 Å². The smallest absolute Gasteiger partial charge is 0.339 e. The number of rotatable bonds is 4. The van der Waals surface area contributed by atoms with E-state index in [0.29, 0.717) is 5.69 Å². The van der Waals surface area contributed by atoms with Crippen LogP contribution in [0.4, 0.5) is 5.69 Å². The zero-order valence-electron chi connectivity index (χ0n) is 12.9. The first-order valence-electron chi connectivity index (χ1n) is 6.98. The SMILES string of the molecule is COC(=O)c1ccccc1S(=O)(=O)Nc1ccc2sc(C)nc2c1. The molecule has 0 aliphatic rings. The number of esters is 1. The minimum absolute atomic E-state index is 0.0157. The van der Waals surface area contributed by atoms with E-state index >= 15 is 0 Å². The van der Waals surface area contributed by atoms with Crippen molar-refractivity contribution in [2.45, 2.75) is 11.8 Å². The Balaban J connectivity index is 2.00. The van der Waals surface area contributed by atoms with E-state index in [2.05, 4.69) is 14.4 Å². The van der Waals surface area contributed by atoms with Gasteiger partial charge >= 0.3 is 5.97 Å². The van der Waals surface area contributed by atoms with Crippen LogP contribution in [0.2, 0.25) is 0 Å². The largest absolute Gasteiger partial charge is 0.465 e. The number of anilines is 1. The first kappa shape index (κ1) is 16.4. The van der Waals surface area contributed by atoms with Gasteiger partial charge in [0.1, 0.15) is 4.90 Å². The number of methoxy groups -OCH3 is 1. The third kappa shape index (κ3) is 3.10. The first-order chi connectivity index (χ1) is 11.4. The Bertz CT molecular complexity index is 1030. The molecule has 3 aromatic rings. The molecule has 8 heteroatoms. The molecule has 0 unspecified atom stereocenters. The molecule has 124 valence electrons. The van der Waals surface area contributed by atoms with E-state index in [1.807, 2.05) is 13.0 Å². The number of ether oxygens (including phenoxy) is 1. The van der Waals surface area contributed by atoms with Gasteiger partial charge in [-0.3, -0.25) is 4.72 Å². The lowest BCUT2D eigenvalue weighted by Crippen LogP contribution is -2.17. The fraction of sp³-hybridized carbons (Fsp3) is 0.125. The van der Waals surface area contributed by atoms with Crippen molar-refractivity contribution in [2.75, 3.05) is 11.8 Å². The second-order valence-electron chi connectivity index (χ2n) is 5.01. The summed E-state index contributed by atoms with van der Waals surface area (Å²) >= 11 is 1.54. The van der Waals surface area contributed by atoms with Gasteiger partial charge < -0.3 is 4.74 Å². The number of hydrogen-bond acceptors (Lipinski definition) is 6. The summed E-state index contributed by atoms with van der Waals surface area (Å²) in [6.45, 7) is 1.89. The van der Waals surface area contributed by atoms with E-state index in [-0.39, 0.29) is 10.5 Å². The zero-order chi connectivity index (χ0) is 17.3. The zero-order valence-corrected chi connectivity index (χ0v) is 14.6. The molecule has 0 fully saturated rings. The van der Waals surface area contributed by atoms with Crippen LogP contribution < -0.4 is 4.72 Å². The number of thiazole rings is 1. The summed E-state index contributed by atoms with van der Waals surface area (Å²) in [4.78, 5) is 16.0. The second kappa shape index (κ2) is 6.21. The molecule has 0 amide bonds. The molecule has 1 aromatic heterocycles. The van der Waals surface area contributed by atoms with Gasteiger partial charge in [-0.05, 0) is 37.3 Å². The van der Waals surface area contributed by atoms with Crippen LogP contribution in [0.1, 0.15) is 15.4 Å². The molecule has 1 heterocycles. The lowest BCUT2D eigenvalue weighted by atomic mass is 10.2. The fourth-order valence-corrected chi connectivity index (χ4v) is 4.35. The van der Waals surface area contributed by atoms with Crippen molar-refractivity contribution < 1.29 is 17.9 Å². The molecule has 0 atom stereocenters. The third-order valence-corrected chi connectivity index (χ3v) is 5.72. The summed E-state index contributed by atoms with van der Waals surface area (Å²) in [5, 5.41) is 0.904. The highest BCUT2D eigenvalue weighted by Crippen LogP contribution is 2.26. The van der Waals surface area contributed by atoms with Crippen LogP contribution >= 0.6 is 11.3 Å². The molecule has 1 N–H and O–H groups in total. The number of nitrogens with one attached hydrogen (secondary N) is 1. The number of benzene rings is 2. The van der Waals surface area contributed by atoms with Crippen LogP contribution in [0.3, 0.4) is 0 Å². The Morgan fingerprint density at radius 3 is 2.71 bits per heavy atom. The van der Waals surface area contributed by atoms with Gasteiger partial charge in [0.05, 0.1) is 33.6 Å². The molecule has 24 heavy (non-hydrogen) atoms. The van der Waals surface area contributed by atoms with E-state index in [0.717, 1.165) is 15.2 Å². The highest BCUT2D eigenvalue weighted by atomic mass is 32.2. The van der Waals surface area contributed by atoms with Crippen molar-refractivity contribution in [1.29, 1.82) is 0 Å². The predicted octanol–water partition coefficient (Wildman–Crippen LogP) is 3.19. The Labute approximate surface area is 143 Å². The topological polar surface area (TPSA) is 85.4 Å². The maximum atomic E-state index is 12.6. The van der Waals surface area contributed by atoms with Crippen LogP contribution in [0, 0.1) is 6.92 Å². The molecule has 0 spiro atoms. The van der Waals surface area contributed by atoms with Gasteiger partial charge in [-0.1, -0.05) is 12.1 Å². The van der Waals surface area contributed by atoms with Gasteiger partial charge in [-0.25, -0.2) is 18.2 Å². The van der Waals surface area contributed by atoms with Crippen LogP contribution in [-0.4, -0.2) is 26.5 Å². The number of fused-ring (bicyclic) bond motifs is 1. The van der Waals surface area contributed by atoms with Crippen molar-refractivity contribution in [3.8, 4) is 0 Å². The third-order valence-electron chi connectivity index (χ3n) is 3.33. The summed E-state index contributed by atoms with van der Waals surface area (Å²) in [5.74, 6) is -0.707. The van der Waals surface area contributed by atoms with E-state index in [9.17, 15) is 13.2 Å². The summed E-state index contributed by atoms with van der Waals surface area (Å²) in [6, 6.07) is 11.0. The molecule has 3 rings (SSSR count). The number of aromatic nitrogens is 1. The number of aryl methyl sites for hydroxylation is 1. The van der Waals surface area contributed by atoms with Gasteiger partial charge in [0.15, 0.2) is 0 Å². The Morgan fingerprint density at radius 2 is 1.96 bits per heavy atom. The minimum atomic E-state index is -3.94. The number of nitrogens with zero attached hydrogens (tertiary/aromatic N) is 1. The summed E-state index contributed by atoms with van der Waals surface area (Å²) in [7, 11) is -2.73. The van der Waals surface area contributed by atoms with Crippen LogP contribution in [0.15, 0.2) is 47.4 Å². The quantitative estimate of drug-likeness (QED) is 0.721. The van der Waals surface area contributed by atoms with Crippen molar-refractivity contribution in [3.05, 3.63) is 53.0 Å². The maximum absolute atomic E-state index is 12.6. The Hall–Kier alpha value is -2.45. The van der Waals surface area contributed by atoms with Crippen molar-refractivity contribution in [3.63, 3.8) is 0 Å². The van der Waals surface area contributed by atoms with E-state index in [1.54, 1.807) is 24.3 Å². The van der Waals surface area contributed by atoms with E-state index in [4.69, 9.17) is 0 Å². The molecular weight excluding hydrogens is 348 g/mol. The number of sulfonamides is 1. The number of carbonyl (C=O) groups excluding carboxylic acids is 1. The first-order valence-corrected chi connectivity index (χ1v) is 9.28. The highest BCUT2D eigenvalue weighted by molar-refractivity contribution is 7.92. The fourth-order valence-electron chi connectivity index (χ4n) is 2.30. The molecule has 0 saturated carbocycles. The molecule has 0 aliphatic carbocycles. The summed E-state index contributed by atoms with van der Waals surface area (Å²) in [6.07, 6.45) is 0. The maximum Gasteiger partial charge on any atom is 0.339 e. The average molecular weight is 362 g/mol. The van der Waals surface area contributed by atoms with Crippen molar-refractivity contribution in [2.24, 2.45) is 0 Å². The van der Waals surface area contributed by atoms with Crippen molar-refractivity contribution in [1.82, 2.24) is 4.98 Å². The normalized spacial score (nSPS) is 11.4. The predicted molar refractivity (Wildman–Crippen MR) is 92.9 cm³/mol. The standard InChI is InChI=1S/C16H14N2O4S2/c1-10-17-13-9-11(7-8-14(13)23-10)18-24(20,21)15-6-4-3-5-12(15)16(19)22-2/h3-9,18H,1-2H3. The monoisotopic (exact) mass is 362 g/mol. The molecule has 0 radical (unpaired) electrons. The molecule has 6 nitrogen and oxygen atoms in total. The Morgan fingerprint density at radius 1 is 1.21 bits per heavy atom. The average Bonchev–Trinajstić information content (AvgIpc) is 2.93. The van der Waals surface area contributed by atoms with Crippen LogP contribution in [-0.2, 0) is 14.8 Å². The van der Waals surface area contributed by atoms with Gasteiger partial charge in [-0.15, -0.1) is 11.3 Å². The lowest BCUT2D eigenvalue weighted by molar-refractivity contribution is 0.0596. The molecule has 0 bridgehead atoms. The molecular formula is C16H14N2O4S2. The number of hydrogen-bond donors (Lipinski definition) is 1. The number of carbonyl (C=O) groups is 1. The Kier molecular flexibility index (Phi) is 4.25. The van der Waals surface area contributed by atoms with Gasteiger partial charge in [0.2, 0.25) is 0 Å². The highest BCUT2D eigenvalue weighted by Gasteiger charge is 2.22. The molecule has 0 saturated heterocycles. The minimum Gasteiger partial charge on any atom is -0.465 e. The van der Waals surface area contributed by atoms with E-state index < -0.39 is 16.0 Å². The summed E-state index contributed by atoms with van der Waals surface area (Å²) in [5.41, 5.74) is 1.09. The van der Waals surface area contributed by atoms with Crippen molar-refractivity contribution >= 4 is 43.2 Å².